The van der Waals surface area contributed by atoms with Gasteiger partial charge in [0.15, 0.2) is 8.07 Å². The van der Waals surface area contributed by atoms with E-state index in [1.165, 1.54) is 54.8 Å². The first-order valence-corrected chi connectivity index (χ1v) is 15.0. The lowest BCUT2D eigenvalue weighted by atomic mass is 10.1. The van der Waals surface area contributed by atoms with Crippen LogP contribution in [0.3, 0.4) is 0 Å². The number of hydrogen-bond donors (Lipinski definition) is 0. The second-order valence-electron chi connectivity index (χ2n) is 11.1. The standard InChI is InChI=1S/C33H42N2Si/c1-22-17-23(2)19-32(18-22)36(30-15-11-13-28(20-30)34(7)8,31-16-12-14-29(21-31)35(9)10)33-26(5)24(3)25(4)27(33)6/h11-21,26H,1-10H3. The summed E-state index contributed by atoms with van der Waals surface area (Å²) < 4.78 is 0. The highest BCUT2D eigenvalue weighted by Gasteiger charge is 2.48. The highest BCUT2D eigenvalue weighted by atomic mass is 28.3. The summed E-state index contributed by atoms with van der Waals surface area (Å²) in [5.74, 6) is 0.406. The van der Waals surface area contributed by atoms with Crippen LogP contribution in [0.2, 0.25) is 0 Å². The molecule has 2 nitrogen and oxygen atoms in total. The lowest BCUT2D eigenvalue weighted by molar-refractivity contribution is 0.851. The van der Waals surface area contributed by atoms with E-state index in [1.54, 1.807) is 5.20 Å². The molecule has 0 bridgehead atoms. The van der Waals surface area contributed by atoms with Crippen LogP contribution in [0.4, 0.5) is 11.4 Å². The van der Waals surface area contributed by atoms with Crippen LogP contribution in [-0.4, -0.2) is 36.3 Å². The first-order chi connectivity index (χ1) is 17.0. The highest BCUT2D eigenvalue weighted by molar-refractivity contribution is 7.16. The predicted octanol–water partition coefficient (Wildman–Crippen LogP) is 5.75. The van der Waals surface area contributed by atoms with Gasteiger partial charge in [0.05, 0.1) is 0 Å². The van der Waals surface area contributed by atoms with Gasteiger partial charge in [0.1, 0.15) is 0 Å². The van der Waals surface area contributed by atoms with Crippen LogP contribution >= 0.6 is 0 Å². The van der Waals surface area contributed by atoms with Crippen molar-refractivity contribution in [1.82, 2.24) is 0 Å². The molecule has 0 aromatic heterocycles. The third-order valence-electron chi connectivity index (χ3n) is 8.29. The molecule has 0 spiro atoms. The van der Waals surface area contributed by atoms with Gasteiger partial charge in [0.2, 0.25) is 0 Å². The van der Waals surface area contributed by atoms with Crippen molar-refractivity contribution in [3.8, 4) is 0 Å². The predicted molar refractivity (Wildman–Crippen MR) is 162 cm³/mol. The summed E-state index contributed by atoms with van der Waals surface area (Å²) in [5, 5.41) is 6.03. The SMILES string of the molecule is CC1=C(C)C(C)C([Si](c2cc(C)cc(C)c2)(c2cccc(N(C)C)c2)c2cccc(N(C)C)c2)=C1C. The Bertz CT molecular complexity index is 1290. The van der Waals surface area contributed by atoms with E-state index in [2.05, 4.69) is 146 Å². The Kier molecular flexibility index (Phi) is 7.07. The fourth-order valence-corrected chi connectivity index (χ4v) is 12.0. The summed E-state index contributed by atoms with van der Waals surface area (Å²) in [5.41, 5.74) is 9.63. The molecule has 0 heterocycles. The lowest BCUT2D eigenvalue weighted by Gasteiger charge is -2.39. The smallest absolute Gasteiger partial charge is 0.176 e. The zero-order chi connectivity index (χ0) is 26.4. The van der Waals surface area contributed by atoms with Gasteiger partial charge >= 0.3 is 0 Å². The summed E-state index contributed by atoms with van der Waals surface area (Å²) in [7, 11) is 5.94. The van der Waals surface area contributed by atoms with E-state index in [-0.39, 0.29) is 0 Å². The molecule has 0 fully saturated rings. The van der Waals surface area contributed by atoms with Crippen LogP contribution in [0, 0.1) is 19.8 Å². The fraction of sp³-hybridized carbons (Fsp3) is 0.333. The minimum atomic E-state index is -2.63. The number of aryl methyl sites for hydroxylation is 2. The Hall–Kier alpha value is -3.04. The molecule has 188 valence electrons. The Labute approximate surface area is 220 Å². The largest absolute Gasteiger partial charge is 0.378 e. The molecular weight excluding hydrogens is 452 g/mol. The number of anilines is 2. The third-order valence-corrected chi connectivity index (χ3v) is 13.4. The van der Waals surface area contributed by atoms with Crippen LogP contribution in [0.25, 0.3) is 0 Å². The number of allylic oxidation sites excluding steroid dienone is 4. The zero-order valence-electron chi connectivity index (χ0n) is 23.8. The molecule has 0 radical (unpaired) electrons. The summed E-state index contributed by atoms with van der Waals surface area (Å²) in [6, 6.07) is 25.9. The van der Waals surface area contributed by atoms with E-state index in [4.69, 9.17) is 0 Å². The maximum Gasteiger partial charge on any atom is 0.176 e. The van der Waals surface area contributed by atoms with Gasteiger partial charge in [-0.1, -0.05) is 76.9 Å². The summed E-state index contributed by atoms with van der Waals surface area (Å²) in [6.07, 6.45) is 0. The van der Waals surface area contributed by atoms with Crippen molar-refractivity contribution in [3.63, 3.8) is 0 Å². The summed E-state index contributed by atoms with van der Waals surface area (Å²) in [6.45, 7) is 14.0. The number of rotatable bonds is 6. The number of nitrogens with zero attached hydrogens (tertiary/aromatic N) is 2. The molecule has 1 aliphatic rings. The first-order valence-electron chi connectivity index (χ1n) is 13.0. The van der Waals surface area contributed by atoms with Crippen molar-refractivity contribution in [2.24, 2.45) is 5.92 Å². The molecule has 3 aromatic carbocycles. The van der Waals surface area contributed by atoms with E-state index in [0.717, 1.165) is 0 Å². The van der Waals surface area contributed by atoms with Gasteiger partial charge in [-0.2, -0.15) is 0 Å². The molecule has 36 heavy (non-hydrogen) atoms. The van der Waals surface area contributed by atoms with Gasteiger partial charge in [0.25, 0.3) is 0 Å². The maximum atomic E-state index is 2.47. The molecule has 0 saturated carbocycles. The molecule has 1 aliphatic carbocycles. The average molecular weight is 495 g/mol. The topological polar surface area (TPSA) is 6.48 Å². The van der Waals surface area contributed by atoms with Crippen LogP contribution in [0.5, 0.6) is 0 Å². The van der Waals surface area contributed by atoms with Gasteiger partial charge in [-0.25, -0.2) is 0 Å². The molecule has 1 unspecified atom stereocenters. The lowest BCUT2D eigenvalue weighted by Crippen LogP contribution is -2.69. The summed E-state index contributed by atoms with van der Waals surface area (Å²) >= 11 is 0. The summed E-state index contributed by atoms with van der Waals surface area (Å²) in [4.78, 5) is 4.46. The molecule has 0 saturated heterocycles. The van der Waals surface area contributed by atoms with Gasteiger partial charge in [-0.3, -0.25) is 0 Å². The second kappa shape index (κ2) is 9.78. The van der Waals surface area contributed by atoms with Gasteiger partial charge in [-0.15, -0.1) is 0 Å². The number of hydrogen-bond acceptors (Lipinski definition) is 2. The molecule has 4 rings (SSSR count). The Morgan fingerprint density at radius 1 is 0.583 bits per heavy atom. The van der Waals surface area contributed by atoms with Crippen molar-refractivity contribution in [2.45, 2.75) is 41.5 Å². The van der Waals surface area contributed by atoms with E-state index in [1.807, 2.05) is 0 Å². The van der Waals surface area contributed by atoms with E-state index in [0.29, 0.717) is 5.92 Å². The molecule has 0 N–H and O–H groups in total. The van der Waals surface area contributed by atoms with Crippen molar-refractivity contribution in [1.29, 1.82) is 0 Å². The Balaban J connectivity index is 2.24. The first kappa shape index (κ1) is 26.0. The molecule has 3 heteroatoms. The molecule has 0 aliphatic heterocycles. The minimum absolute atomic E-state index is 0.406. The van der Waals surface area contributed by atoms with Gasteiger partial charge in [-0.05, 0) is 85.9 Å². The third kappa shape index (κ3) is 4.24. The second-order valence-corrected chi connectivity index (χ2v) is 14.9. The monoisotopic (exact) mass is 494 g/mol. The van der Waals surface area contributed by atoms with Gasteiger partial charge in [0, 0.05) is 39.6 Å². The normalized spacial score (nSPS) is 16.1. The van der Waals surface area contributed by atoms with Crippen molar-refractivity contribution in [2.75, 3.05) is 38.0 Å². The van der Waals surface area contributed by atoms with E-state index >= 15 is 0 Å². The number of benzene rings is 3. The van der Waals surface area contributed by atoms with Crippen molar-refractivity contribution in [3.05, 3.63) is 99.8 Å². The van der Waals surface area contributed by atoms with Crippen LogP contribution in [0.15, 0.2) is 88.6 Å². The van der Waals surface area contributed by atoms with Crippen LogP contribution < -0.4 is 25.4 Å². The molecule has 1 atom stereocenters. The molecule has 3 aromatic rings. The highest BCUT2D eigenvalue weighted by Crippen LogP contribution is 2.41. The van der Waals surface area contributed by atoms with Crippen molar-refractivity contribution >= 4 is 35.0 Å². The molecular formula is C33H42N2Si. The van der Waals surface area contributed by atoms with Crippen LogP contribution in [-0.2, 0) is 0 Å². The quantitative estimate of drug-likeness (QED) is 0.318. The van der Waals surface area contributed by atoms with Crippen LogP contribution in [0.1, 0.15) is 38.8 Å². The van der Waals surface area contributed by atoms with Crippen molar-refractivity contribution < 1.29 is 0 Å². The average Bonchev–Trinajstić information content (AvgIpc) is 3.03. The fourth-order valence-electron chi connectivity index (χ4n) is 6.16. The van der Waals surface area contributed by atoms with E-state index < -0.39 is 8.07 Å². The minimum Gasteiger partial charge on any atom is -0.378 e. The Morgan fingerprint density at radius 2 is 1.06 bits per heavy atom. The Morgan fingerprint density at radius 3 is 1.44 bits per heavy atom. The molecule has 0 amide bonds. The zero-order valence-corrected chi connectivity index (χ0v) is 24.8. The van der Waals surface area contributed by atoms with Gasteiger partial charge < -0.3 is 9.80 Å². The maximum absolute atomic E-state index is 2.63. The van der Waals surface area contributed by atoms with E-state index in [9.17, 15) is 0 Å².